The van der Waals surface area contributed by atoms with Crippen molar-refractivity contribution in [1.29, 1.82) is 0 Å². The summed E-state index contributed by atoms with van der Waals surface area (Å²) in [6.07, 6.45) is 4.94. The molecule has 0 aliphatic rings. The lowest BCUT2D eigenvalue weighted by molar-refractivity contribution is -0.144. The van der Waals surface area contributed by atoms with E-state index in [-0.39, 0.29) is 12.2 Å². The molecular formula is C11H16O3. The number of Topliss-reactive ketones (excluding diaryl/α,β-unsaturated/α-hetero) is 1. The molecule has 0 bridgehead atoms. The summed E-state index contributed by atoms with van der Waals surface area (Å²) in [6, 6.07) is 0. The fourth-order valence-corrected chi connectivity index (χ4v) is 0.975. The summed E-state index contributed by atoms with van der Waals surface area (Å²) in [4.78, 5) is 22.4. The first-order valence-corrected chi connectivity index (χ1v) is 4.63. The molecule has 0 N–H and O–H groups in total. The van der Waals surface area contributed by atoms with Crippen LogP contribution in [0.3, 0.4) is 0 Å². The maximum absolute atomic E-state index is 11.4. The van der Waals surface area contributed by atoms with E-state index in [2.05, 4.69) is 4.74 Å². The lowest BCUT2D eigenvalue weighted by Crippen LogP contribution is -2.12. The molecule has 14 heavy (non-hydrogen) atoms. The van der Waals surface area contributed by atoms with Crippen LogP contribution in [0.25, 0.3) is 0 Å². The first-order valence-electron chi connectivity index (χ1n) is 4.63. The van der Waals surface area contributed by atoms with E-state index in [1.807, 2.05) is 6.92 Å². The molecule has 3 nitrogen and oxygen atoms in total. The molecule has 0 saturated heterocycles. The molecule has 0 aromatic heterocycles. The Kier molecular flexibility index (Phi) is 6.37. The summed E-state index contributed by atoms with van der Waals surface area (Å²) in [7, 11) is 0. The van der Waals surface area contributed by atoms with E-state index in [0.717, 1.165) is 0 Å². The van der Waals surface area contributed by atoms with Gasteiger partial charge in [-0.25, -0.2) is 0 Å². The smallest absolute Gasteiger partial charge is 0.313 e. The van der Waals surface area contributed by atoms with E-state index in [4.69, 9.17) is 0 Å². The van der Waals surface area contributed by atoms with Crippen LogP contribution in [0.4, 0.5) is 0 Å². The van der Waals surface area contributed by atoms with Crippen molar-refractivity contribution >= 4 is 11.8 Å². The van der Waals surface area contributed by atoms with Crippen molar-refractivity contribution in [3.63, 3.8) is 0 Å². The summed E-state index contributed by atoms with van der Waals surface area (Å²) < 4.78 is 4.67. The van der Waals surface area contributed by atoms with E-state index in [0.29, 0.717) is 12.2 Å². The molecule has 0 aromatic rings. The quantitative estimate of drug-likeness (QED) is 0.292. The van der Waals surface area contributed by atoms with E-state index in [1.165, 1.54) is 0 Å². The molecule has 78 valence electrons. The van der Waals surface area contributed by atoms with E-state index < -0.39 is 5.97 Å². The van der Waals surface area contributed by atoms with Crippen LogP contribution in [0.5, 0.6) is 0 Å². The Morgan fingerprint density at radius 1 is 1.29 bits per heavy atom. The maximum atomic E-state index is 11.4. The van der Waals surface area contributed by atoms with Crippen LogP contribution in [-0.2, 0) is 14.3 Å². The van der Waals surface area contributed by atoms with E-state index in [1.54, 1.807) is 32.1 Å². The molecule has 0 fully saturated rings. The molecule has 0 spiro atoms. The van der Waals surface area contributed by atoms with Crippen molar-refractivity contribution in [1.82, 2.24) is 0 Å². The van der Waals surface area contributed by atoms with E-state index in [9.17, 15) is 9.59 Å². The fourth-order valence-electron chi connectivity index (χ4n) is 0.975. The molecule has 0 radical (unpaired) electrons. The van der Waals surface area contributed by atoms with Gasteiger partial charge in [-0.1, -0.05) is 18.2 Å². The Hall–Kier alpha value is -1.38. The molecule has 0 unspecified atom stereocenters. The molecule has 0 heterocycles. The zero-order chi connectivity index (χ0) is 11.0. The number of carbonyl (C=O) groups excluding carboxylic acids is 2. The minimum absolute atomic E-state index is 0.183. The van der Waals surface area contributed by atoms with Gasteiger partial charge in [-0.05, 0) is 20.8 Å². The van der Waals surface area contributed by atoms with Crippen molar-refractivity contribution in [2.24, 2.45) is 0 Å². The standard InChI is InChI=1S/C11H16O3/c1-4-7-9(5-2)10(12)8-11(13)14-6-3/h4-5,7H,6,8H2,1-3H3/b7-4-,9-5+. The van der Waals surface area contributed by atoms with Gasteiger partial charge in [0.05, 0.1) is 6.61 Å². The Labute approximate surface area is 84.4 Å². The third-order valence-electron chi connectivity index (χ3n) is 1.59. The normalized spacial score (nSPS) is 11.8. The largest absolute Gasteiger partial charge is 0.466 e. The SMILES string of the molecule is C/C=C\C(=C/C)C(=O)CC(=O)OCC. The minimum Gasteiger partial charge on any atom is -0.466 e. The van der Waals surface area contributed by atoms with Crippen molar-refractivity contribution in [3.05, 3.63) is 23.8 Å². The first-order chi connectivity index (χ1) is 6.65. The zero-order valence-electron chi connectivity index (χ0n) is 8.87. The molecule has 0 aliphatic carbocycles. The zero-order valence-corrected chi connectivity index (χ0v) is 8.87. The highest BCUT2D eigenvalue weighted by Crippen LogP contribution is 2.03. The minimum atomic E-state index is -0.471. The van der Waals surface area contributed by atoms with Gasteiger partial charge in [-0.15, -0.1) is 0 Å². The molecule has 0 saturated carbocycles. The van der Waals surface area contributed by atoms with Gasteiger partial charge in [0, 0.05) is 5.57 Å². The second kappa shape index (κ2) is 7.06. The third-order valence-corrected chi connectivity index (χ3v) is 1.59. The molecule has 0 aromatic carbocycles. The van der Waals surface area contributed by atoms with Crippen molar-refractivity contribution in [2.75, 3.05) is 6.61 Å². The van der Waals surface area contributed by atoms with Crippen molar-refractivity contribution in [2.45, 2.75) is 27.2 Å². The van der Waals surface area contributed by atoms with Gasteiger partial charge in [0.25, 0.3) is 0 Å². The fraction of sp³-hybridized carbons (Fsp3) is 0.455. The summed E-state index contributed by atoms with van der Waals surface area (Å²) >= 11 is 0. The Morgan fingerprint density at radius 2 is 1.93 bits per heavy atom. The predicted octanol–water partition coefficient (Wildman–Crippen LogP) is 2.03. The van der Waals surface area contributed by atoms with Gasteiger partial charge >= 0.3 is 5.97 Å². The third kappa shape index (κ3) is 4.60. The molecule has 3 heteroatoms. The molecule has 0 atom stereocenters. The van der Waals surface area contributed by atoms with Crippen LogP contribution in [0.15, 0.2) is 23.8 Å². The number of hydrogen-bond acceptors (Lipinski definition) is 3. The maximum Gasteiger partial charge on any atom is 0.313 e. The van der Waals surface area contributed by atoms with Crippen LogP contribution in [0.2, 0.25) is 0 Å². The Morgan fingerprint density at radius 3 is 2.36 bits per heavy atom. The first kappa shape index (κ1) is 12.6. The summed E-state index contributed by atoms with van der Waals surface area (Å²) in [5.74, 6) is -0.676. The van der Waals surface area contributed by atoms with Crippen LogP contribution in [0.1, 0.15) is 27.2 Å². The highest BCUT2D eigenvalue weighted by Gasteiger charge is 2.12. The molecule has 0 rings (SSSR count). The second-order valence-corrected chi connectivity index (χ2v) is 2.65. The van der Waals surface area contributed by atoms with Gasteiger partial charge in [-0.3, -0.25) is 9.59 Å². The predicted molar refractivity (Wildman–Crippen MR) is 54.8 cm³/mol. The van der Waals surface area contributed by atoms with Gasteiger partial charge in [0.2, 0.25) is 0 Å². The number of esters is 1. The van der Waals surface area contributed by atoms with Crippen molar-refractivity contribution < 1.29 is 14.3 Å². The number of ether oxygens (including phenoxy) is 1. The summed E-state index contributed by atoms with van der Waals surface area (Å²) in [5.41, 5.74) is 0.542. The van der Waals surface area contributed by atoms with Gasteiger partial charge in [0.1, 0.15) is 6.42 Å². The van der Waals surface area contributed by atoms with Gasteiger partial charge in [-0.2, -0.15) is 0 Å². The summed E-state index contributed by atoms with van der Waals surface area (Å²) in [6.45, 7) is 5.60. The lowest BCUT2D eigenvalue weighted by atomic mass is 10.1. The molecule has 0 aliphatic heterocycles. The van der Waals surface area contributed by atoms with Crippen molar-refractivity contribution in [3.8, 4) is 0 Å². The van der Waals surface area contributed by atoms with Crippen LogP contribution < -0.4 is 0 Å². The Balaban J connectivity index is 4.26. The topological polar surface area (TPSA) is 43.4 Å². The average molecular weight is 196 g/mol. The highest BCUT2D eigenvalue weighted by atomic mass is 16.5. The molecular weight excluding hydrogens is 180 g/mol. The number of ketones is 1. The monoisotopic (exact) mass is 196 g/mol. The van der Waals surface area contributed by atoms with Crippen LogP contribution in [0, 0.1) is 0 Å². The molecule has 0 amide bonds. The lowest BCUT2D eigenvalue weighted by Gasteiger charge is -2.01. The number of allylic oxidation sites excluding steroid dienone is 4. The number of hydrogen-bond donors (Lipinski definition) is 0. The number of rotatable bonds is 5. The van der Waals surface area contributed by atoms with Gasteiger partial charge in [0.15, 0.2) is 5.78 Å². The Bertz CT molecular complexity index is 262. The average Bonchev–Trinajstić information content (AvgIpc) is 2.14. The van der Waals surface area contributed by atoms with E-state index >= 15 is 0 Å². The van der Waals surface area contributed by atoms with Crippen LogP contribution in [-0.4, -0.2) is 18.4 Å². The van der Waals surface area contributed by atoms with Gasteiger partial charge < -0.3 is 4.74 Å². The van der Waals surface area contributed by atoms with Crippen LogP contribution >= 0.6 is 0 Å². The second-order valence-electron chi connectivity index (χ2n) is 2.65. The number of carbonyl (C=O) groups is 2. The summed E-state index contributed by atoms with van der Waals surface area (Å²) in [5, 5.41) is 0. The highest BCUT2D eigenvalue weighted by molar-refractivity contribution is 6.07.